The third-order valence-corrected chi connectivity index (χ3v) is 3.21. The van der Waals surface area contributed by atoms with Crippen molar-refractivity contribution in [1.82, 2.24) is 20.2 Å². The SMILES string of the molecule is C[C@@H](NS(C)(=O)=O)C(=O)NCc1nnc(N)s1. The summed E-state index contributed by atoms with van der Waals surface area (Å²) in [6.45, 7) is 1.62. The van der Waals surface area contributed by atoms with Gasteiger partial charge in [0.25, 0.3) is 0 Å². The number of sulfonamides is 1. The lowest BCUT2D eigenvalue weighted by molar-refractivity contribution is -0.122. The van der Waals surface area contributed by atoms with Crippen LogP contribution in [0.4, 0.5) is 5.13 Å². The number of nitrogens with one attached hydrogen (secondary N) is 2. The number of carbonyl (C=O) groups is 1. The first-order chi connectivity index (χ1) is 7.78. The Bertz CT molecular complexity index is 497. The van der Waals surface area contributed by atoms with Crippen LogP contribution in [0.25, 0.3) is 0 Å². The van der Waals surface area contributed by atoms with Crippen molar-refractivity contribution >= 4 is 32.4 Å². The number of nitrogens with zero attached hydrogens (tertiary/aromatic N) is 2. The molecule has 1 atom stereocenters. The minimum Gasteiger partial charge on any atom is -0.374 e. The quantitative estimate of drug-likeness (QED) is 0.613. The molecular weight excluding hydrogens is 266 g/mol. The summed E-state index contributed by atoms with van der Waals surface area (Å²) in [4.78, 5) is 11.5. The molecule has 0 saturated carbocycles. The van der Waals surface area contributed by atoms with Gasteiger partial charge in [-0.2, -0.15) is 0 Å². The summed E-state index contributed by atoms with van der Waals surface area (Å²) in [5.41, 5.74) is 5.37. The molecule has 1 aromatic heterocycles. The fourth-order valence-electron chi connectivity index (χ4n) is 1.03. The van der Waals surface area contributed by atoms with Crippen LogP contribution in [0, 0.1) is 0 Å². The van der Waals surface area contributed by atoms with E-state index in [0.29, 0.717) is 10.1 Å². The first-order valence-corrected chi connectivity index (χ1v) is 7.31. The molecule has 4 N–H and O–H groups in total. The molecule has 0 aliphatic carbocycles. The summed E-state index contributed by atoms with van der Waals surface area (Å²) in [6, 6.07) is -0.838. The smallest absolute Gasteiger partial charge is 0.238 e. The van der Waals surface area contributed by atoms with E-state index in [9.17, 15) is 13.2 Å². The lowest BCUT2D eigenvalue weighted by Crippen LogP contribution is -2.44. The molecule has 0 unspecified atom stereocenters. The van der Waals surface area contributed by atoms with E-state index >= 15 is 0 Å². The van der Waals surface area contributed by atoms with E-state index < -0.39 is 22.0 Å². The summed E-state index contributed by atoms with van der Waals surface area (Å²) >= 11 is 1.16. The van der Waals surface area contributed by atoms with Crippen LogP contribution in [-0.4, -0.2) is 36.8 Å². The number of amides is 1. The van der Waals surface area contributed by atoms with Gasteiger partial charge in [0.1, 0.15) is 5.01 Å². The first kappa shape index (κ1) is 13.8. The van der Waals surface area contributed by atoms with Crippen molar-refractivity contribution in [3.05, 3.63) is 5.01 Å². The van der Waals surface area contributed by atoms with Crippen LogP contribution in [0.15, 0.2) is 0 Å². The zero-order valence-corrected chi connectivity index (χ0v) is 10.9. The van der Waals surface area contributed by atoms with Gasteiger partial charge in [0.15, 0.2) is 0 Å². The lowest BCUT2D eigenvalue weighted by atomic mass is 10.3. The summed E-state index contributed by atoms with van der Waals surface area (Å²) < 4.78 is 24.0. The number of hydrogen-bond donors (Lipinski definition) is 3. The van der Waals surface area contributed by atoms with Gasteiger partial charge < -0.3 is 11.1 Å². The van der Waals surface area contributed by atoms with Gasteiger partial charge in [-0.15, -0.1) is 10.2 Å². The van der Waals surface area contributed by atoms with Gasteiger partial charge in [-0.05, 0) is 6.92 Å². The molecule has 1 aromatic rings. The molecule has 10 heteroatoms. The van der Waals surface area contributed by atoms with Crippen molar-refractivity contribution in [3.63, 3.8) is 0 Å². The van der Waals surface area contributed by atoms with Crippen LogP contribution in [-0.2, 0) is 21.4 Å². The van der Waals surface area contributed by atoms with Gasteiger partial charge >= 0.3 is 0 Å². The molecule has 0 spiro atoms. The fraction of sp³-hybridized carbons (Fsp3) is 0.571. The average Bonchev–Trinajstić information content (AvgIpc) is 2.58. The third-order valence-electron chi connectivity index (χ3n) is 1.68. The molecule has 0 aliphatic rings. The molecule has 96 valence electrons. The number of nitrogens with two attached hydrogens (primary N) is 1. The maximum atomic E-state index is 11.5. The van der Waals surface area contributed by atoms with Crippen molar-refractivity contribution in [2.75, 3.05) is 12.0 Å². The number of nitrogen functional groups attached to an aromatic ring is 1. The van der Waals surface area contributed by atoms with Crippen LogP contribution < -0.4 is 15.8 Å². The van der Waals surface area contributed by atoms with E-state index in [1.54, 1.807) is 0 Å². The molecule has 0 bridgehead atoms. The van der Waals surface area contributed by atoms with Crippen LogP contribution in [0.1, 0.15) is 11.9 Å². The van der Waals surface area contributed by atoms with Crippen molar-refractivity contribution in [1.29, 1.82) is 0 Å². The molecule has 1 heterocycles. The van der Waals surface area contributed by atoms with Crippen molar-refractivity contribution in [3.8, 4) is 0 Å². The number of rotatable bonds is 5. The highest BCUT2D eigenvalue weighted by Crippen LogP contribution is 2.09. The number of hydrogen-bond acceptors (Lipinski definition) is 7. The molecule has 0 saturated heterocycles. The second kappa shape index (κ2) is 5.38. The third kappa shape index (κ3) is 5.06. The maximum absolute atomic E-state index is 11.5. The Kier molecular flexibility index (Phi) is 4.37. The highest BCUT2D eigenvalue weighted by Gasteiger charge is 2.16. The molecular formula is C7H13N5O3S2. The molecule has 0 aromatic carbocycles. The van der Waals surface area contributed by atoms with Gasteiger partial charge in [-0.3, -0.25) is 4.79 Å². The molecule has 1 rings (SSSR count). The summed E-state index contributed by atoms with van der Waals surface area (Å²) in [5, 5.41) is 10.7. The maximum Gasteiger partial charge on any atom is 0.238 e. The van der Waals surface area contributed by atoms with Crippen molar-refractivity contribution in [2.45, 2.75) is 19.5 Å². The normalized spacial score (nSPS) is 13.3. The molecule has 17 heavy (non-hydrogen) atoms. The standard InChI is InChI=1S/C7H13N5O3S2/c1-4(12-17(2,14)15)6(13)9-3-5-10-11-7(8)16-5/h4,12H,3H2,1-2H3,(H2,8,11)(H,9,13)/t4-/m1/s1. The zero-order valence-electron chi connectivity index (χ0n) is 9.30. The first-order valence-electron chi connectivity index (χ1n) is 4.61. The molecule has 0 fully saturated rings. The zero-order chi connectivity index (χ0) is 13.1. The van der Waals surface area contributed by atoms with Crippen molar-refractivity contribution < 1.29 is 13.2 Å². The highest BCUT2D eigenvalue weighted by molar-refractivity contribution is 7.88. The van der Waals surface area contributed by atoms with Crippen LogP contribution in [0.3, 0.4) is 0 Å². The molecule has 8 nitrogen and oxygen atoms in total. The van der Waals surface area contributed by atoms with Crippen LogP contribution >= 0.6 is 11.3 Å². The van der Waals surface area contributed by atoms with E-state index in [4.69, 9.17) is 5.73 Å². The minimum absolute atomic E-state index is 0.170. The predicted octanol–water partition coefficient (Wildman–Crippen LogP) is -1.33. The molecule has 0 aliphatic heterocycles. The van der Waals surface area contributed by atoms with E-state index in [1.807, 2.05) is 0 Å². The lowest BCUT2D eigenvalue weighted by Gasteiger charge is -2.11. The van der Waals surface area contributed by atoms with Gasteiger partial charge in [0.05, 0.1) is 18.8 Å². The molecule has 1 amide bonds. The summed E-state index contributed by atoms with van der Waals surface area (Å²) in [5.74, 6) is -0.441. The van der Waals surface area contributed by atoms with Crippen LogP contribution in [0.5, 0.6) is 0 Å². The second-order valence-corrected chi connectivity index (χ2v) is 6.24. The Balaban J connectivity index is 2.44. The topological polar surface area (TPSA) is 127 Å². The van der Waals surface area contributed by atoms with Gasteiger partial charge in [0, 0.05) is 0 Å². The van der Waals surface area contributed by atoms with Gasteiger partial charge in [-0.25, -0.2) is 13.1 Å². The predicted molar refractivity (Wildman–Crippen MR) is 63.6 cm³/mol. The number of anilines is 1. The highest BCUT2D eigenvalue weighted by atomic mass is 32.2. The number of carbonyl (C=O) groups excluding carboxylic acids is 1. The Morgan fingerprint density at radius 3 is 2.65 bits per heavy atom. The van der Waals surface area contributed by atoms with Gasteiger partial charge in [-0.1, -0.05) is 11.3 Å². The number of aromatic nitrogens is 2. The average molecular weight is 279 g/mol. The van der Waals surface area contributed by atoms with E-state index in [-0.39, 0.29) is 6.54 Å². The fourth-order valence-corrected chi connectivity index (χ4v) is 2.33. The summed E-state index contributed by atoms with van der Waals surface area (Å²) in [6.07, 6.45) is 0.988. The Morgan fingerprint density at radius 1 is 1.53 bits per heavy atom. The Morgan fingerprint density at radius 2 is 2.18 bits per heavy atom. The largest absolute Gasteiger partial charge is 0.374 e. The minimum atomic E-state index is -3.40. The van der Waals surface area contributed by atoms with E-state index in [1.165, 1.54) is 6.92 Å². The Hall–Kier alpha value is -1.26. The van der Waals surface area contributed by atoms with Crippen LogP contribution in [0.2, 0.25) is 0 Å². The second-order valence-electron chi connectivity index (χ2n) is 3.36. The van der Waals surface area contributed by atoms with Gasteiger partial charge in [0.2, 0.25) is 21.1 Å². The summed E-state index contributed by atoms with van der Waals surface area (Å²) in [7, 11) is -3.40. The Labute approximate surface area is 103 Å². The van der Waals surface area contributed by atoms with E-state index in [2.05, 4.69) is 20.2 Å². The monoisotopic (exact) mass is 279 g/mol. The van der Waals surface area contributed by atoms with Crippen molar-refractivity contribution in [2.24, 2.45) is 0 Å². The molecule has 0 radical (unpaired) electrons. The van der Waals surface area contributed by atoms with E-state index in [0.717, 1.165) is 17.6 Å².